The maximum absolute atomic E-state index is 15.2. The Balaban J connectivity index is 4.45. The molecule has 1 saturated heterocycles. The van der Waals surface area contributed by atoms with E-state index in [-0.39, 0.29) is 49.9 Å². The monoisotopic (exact) mass is 1260 g/mol. The van der Waals surface area contributed by atoms with E-state index in [1.807, 2.05) is 62.3 Å². The minimum Gasteiger partial charge on any atom is -0.390 e. The number of halogens is 1. The van der Waals surface area contributed by atoms with Gasteiger partial charge in [0.05, 0.1) is 12.0 Å². The summed E-state index contributed by atoms with van der Waals surface area (Å²) in [6.45, 7) is 31.6. The highest BCUT2D eigenvalue weighted by Crippen LogP contribution is 2.28. The smallest absolute Gasteiger partial charge is 0.247 e. The van der Waals surface area contributed by atoms with E-state index in [0.717, 1.165) is 9.80 Å². The summed E-state index contributed by atoms with van der Waals surface area (Å²) in [5, 5.41) is 23.2. The van der Waals surface area contributed by atoms with Crippen molar-refractivity contribution >= 4 is 76.6 Å². The highest BCUT2D eigenvalue weighted by atomic mass is 35.5. The second-order valence-electron chi connectivity index (χ2n) is 27.6. The molecule has 0 spiro atoms. The fourth-order valence-corrected chi connectivity index (χ4v) is 11.4. The number of likely N-dealkylation sites (N-methyl/N-ethyl adjacent to an activating group) is 7. The Bertz CT molecular complexity index is 2430. The SMILES string of the molecule is C/C=C/C[C@@H](C)[C@@H](O)[C@H]1C(=O)N[C@@H](CC)C(=O)N(C)C(CCl)C(=O)N(C)[C@@H](CC(C)(C)C)C(=O)N[C@@H](C(C)C)C(=O)N(C)[C@@H](CC(C)C)C(=O)N[C@@H](C)C(=O)N[C@H](C)C(=O)N(C)[C@@H](CC(C)C)C(=O)N(C)[C@@H](CC(C)C)C(=O)N(C)[C@@H](C(C)C)C(=O)N1C. The van der Waals surface area contributed by atoms with Crippen molar-refractivity contribution in [2.75, 3.05) is 55.2 Å². The number of allylic oxidation sites excluding steroid dienone is 2. The highest BCUT2D eigenvalue weighted by molar-refractivity contribution is 6.20. The van der Waals surface area contributed by atoms with Crippen molar-refractivity contribution in [3.05, 3.63) is 12.2 Å². The number of rotatable bonds is 15. The Morgan fingerprint density at radius 2 is 0.886 bits per heavy atom. The van der Waals surface area contributed by atoms with Gasteiger partial charge in [0.2, 0.25) is 65.0 Å². The van der Waals surface area contributed by atoms with Crippen LogP contribution in [0, 0.1) is 40.9 Å². The molecule has 1 unspecified atom stereocenters. The van der Waals surface area contributed by atoms with Crippen LogP contribution in [-0.4, -0.2) is 232 Å². The molecule has 88 heavy (non-hydrogen) atoms. The van der Waals surface area contributed by atoms with E-state index in [9.17, 15) is 48.3 Å². The molecule has 0 aliphatic carbocycles. The molecular formula is C64H114ClN11O12. The number of amides is 11. The zero-order valence-electron chi connectivity index (χ0n) is 57.9. The highest BCUT2D eigenvalue weighted by Gasteiger charge is 2.46. The number of nitrogens with one attached hydrogen (secondary N) is 4. The van der Waals surface area contributed by atoms with E-state index in [4.69, 9.17) is 11.6 Å². The lowest BCUT2D eigenvalue weighted by atomic mass is 9.86. The molecule has 0 aromatic rings. The van der Waals surface area contributed by atoms with Gasteiger partial charge in [-0.15, -0.1) is 11.6 Å². The molecule has 1 fully saturated rings. The molecule has 13 atom stereocenters. The molecular weight excluding hydrogens is 1150 g/mol. The van der Waals surface area contributed by atoms with Crippen LogP contribution in [0.5, 0.6) is 0 Å². The maximum Gasteiger partial charge on any atom is 0.247 e. The molecule has 1 aliphatic heterocycles. The summed E-state index contributed by atoms with van der Waals surface area (Å²) < 4.78 is 0. The van der Waals surface area contributed by atoms with E-state index in [2.05, 4.69) is 21.3 Å². The molecule has 1 rings (SSSR count). The molecule has 0 radical (unpaired) electrons. The van der Waals surface area contributed by atoms with Crippen LogP contribution in [0.4, 0.5) is 0 Å². The van der Waals surface area contributed by atoms with Gasteiger partial charge < -0.3 is 60.7 Å². The lowest BCUT2D eigenvalue weighted by Crippen LogP contribution is -2.64. The molecule has 504 valence electrons. The maximum atomic E-state index is 15.2. The molecule has 0 aromatic heterocycles. The number of aliphatic hydroxyl groups excluding tert-OH is 1. The van der Waals surface area contributed by atoms with Crippen LogP contribution >= 0.6 is 11.6 Å². The number of alkyl halides is 1. The minimum absolute atomic E-state index is 0.0270. The van der Waals surface area contributed by atoms with Crippen LogP contribution in [0.3, 0.4) is 0 Å². The van der Waals surface area contributed by atoms with Crippen LogP contribution in [0.1, 0.15) is 163 Å². The second-order valence-corrected chi connectivity index (χ2v) is 27.9. The molecule has 0 saturated carbocycles. The van der Waals surface area contributed by atoms with Crippen molar-refractivity contribution in [2.24, 2.45) is 40.9 Å². The number of aliphatic hydroxyl groups is 1. The Morgan fingerprint density at radius 1 is 0.477 bits per heavy atom. The van der Waals surface area contributed by atoms with Gasteiger partial charge in [-0.1, -0.05) is 116 Å². The van der Waals surface area contributed by atoms with Crippen molar-refractivity contribution < 1.29 is 57.8 Å². The molecule has 0 aromatic carbocycles. The number of hydrogen-bond donors (Lipinski definition) is 5. The molecule has 11 amide bonds. The number of carbonyl (C=O) groups excluding carboxylic acids is 11. The summed E-state index contributed by atoms with van der Waals surface area (Å²) >= 11 is 6.57. The fourth-order valence-electron chi connectivity index (χ4n) is 11.1. The predicted molar refractivity (Wildman–Crippen MR) is 343 cm³/mol. The Kier molecular flexibility index (Phi) is 32.4. The van der Waals surface area contributed by atoms with Crippen molar-refractivity contribution in [1.82, 2.24) is 55.6 Å². The minimum atomic E-state index is -1.65. The van der Waals surface area contributed by atoms with Gasteiger partial charge in [-0.25, -0.2) is 0 Å². The molecule has 0 bridgehead atoms. The lowest BCUT2D eigenvalue weighted by molar-refractivity contribution is -0.157. The largest absolute Gasteiger partial charge is 0.390 e. The fraction of sp³-hybridized carbons (Fsp3) is 0.797. The summed E-state index contributed by atoms with van der Waals surface area (Å²) in [6, 6.07) is -14.1. The Labute approximate surface area is 531 Å². The first-order valence-corrected chi connectivity index (χ1v) is 31.9. The third kappa shape index (κ3) is 22.0. The average molecular weight is 1270 g/mol. The van der Waals surface area contributed by atoms with Gasteiger partial charge in [-0.05, 0) is 100 Å². The summed E-state index contributed by atoms with van der Waals surface area (Å²) in [5.41, 5.74) is -0.595. The van der Waals surface area contributed by atoms with E-state index in [1.54, 1.807) is 60.6 Å². The first kappa shape index (κ1) is 80.2. The van der Waals surface area contributed by atoms with Crippen LogP contribution < -0.4 is 21.3 Å². The van der Waals surface area contributed by atoms with Crippen molar-refractivity contribution in [3.63, 3.8) is 0 Å². The van der Waals surface area contributed by atoms with Crippen LogP contribution in [0.25, 0.3) is 0 Å². The van der Waals surface area contributed by atoms with Crippen molar-refractivity contribution in [1.29, 1.82) is 0 Å². The molecule has 5 N–H and O–H groups in total. The van der Waals surface area contributed by atoms with Crippen molar-refractivity contribution in [2.45, 2.75) is 236 Å². The summed E-state index contributed by atoms with van der Waals surface area (Å²) in [6.07, 6.45) is 2.81. The average Bonchev–Trinajstić information content (AvgIpc) is 2.21. The van der Waals surface area contributed by atoms with E-state index in [1.165, 1.54) is 87.7 Å². The zero-order valence-corrected chi connectivity index (χ0v) is 58.7. The topological polar surface area (TPSA) is 279 Å². The summed E-state index contributed by atoms with van der Waals surface area (Å²) in [4.78, 5) is 170. The van der Waals surface area contributed by atoms with Crippen LogP contribution in [0.15, 0.2) is 12.2 Å². The third-order valence-electron chi connectivity index (χ3n) is 16.6. The normalized spacial score (nSPS) is 27.4. The molecule has 1 heterocycles. The third-order valence-corrected chi connectivity index (χ3v) is 16.9. The Morgan fingerprint density at radius 3 is 1.33 bits per heavy atom. The van der Waals surface area contributed by atoms with Gasteiger partial charge in [0.15, 0.2) is 0 Å². The van der Waals surface area contributed by atoms with Gasteiger partial charge in [0.25, 0.3) is 0 Å². The number of nitrogens with zero attached hydrogens (tertiary/aromatic N) is 7. The van der Waals surface area contributed by atoms with Gasteiger partial charge in [0, 0.05) is 49.3 Å². The molecule has 1 aliphatic rings. The predicted octanol–water partition coefficient (Wildman–Crippen LogP) is 4.27. The zero-order chi connectivity index (χ0) is 68.5. The molecule has 24 heteroatoms. The first-order valence-electron chi connectivity index (χ1n) is 31.4. The number of carbonyl (C=O) groups is 11. The van der Waals surface area contributed by atoms with Gasteiger partial charge in [-0.3, -0.25) is 52.7 Å². The summed E-state index contributed by atoms with van der Waals surface area (Å²) in [5.74, 6) is -10.5. The summed E-state index contributed by atoms with van der Waals surface area (Å²) in [7, 11) is 9.83. The van der Waals surface area contributed by atoms with E-state index < -0.39 is 167 Å². The standard InChI is InChI=1S/C64H114ClN11O12/c1-26-28-29-40(13)52(77)51-56(81)68-43(27-2)58(83)74(23)48(34-65)61(86)73(22)47(33-64(16,17)18)55(80)69-49(38(9)10)62(87)70(19)44(30-35(3)4)54(79)66-41(14)53(78)67-42(15)57(82)71(20)45(31-36(5)6)59(84)72(21)46(32-37(7)8)60(85)75(24)50(39(11)12)63(88)76(51)25/h26,28,35-52,77H,27,29-34H2,1-25H3,(H,66,79)(H,67,78)(H,68,81)(H,69,80)/b28-26+/t40-,41+,42-,43+,44+,45+,46+,47+,48?,49+,50+,51+,52-/m1/s1. The van der Waals surface area contributed by atoms with Gasteiger partial charge in [-0.2, -0.15) is 0 Å². The van der Waals surface area contributed by atoms with Crippen molar-refractivity contribution in [3.8, 4) is 0 Å². The lowest BCUT2D eigenvalue weighted by Gasteiger charge is -2.41. The Hall–Kier alpha value is -5.84. The van der Waals surface area contributed by atoms with E-state index >= 15 is 9.59 Å². The van der Waals surface area contributed by atoms with Gasteiger partial charge >= 0.3 is 0 Å². The second kappa shape index (κ2) is 35.5. The first-order chi connectivity index (χ1) is 40.5. The quantitative estimate of drug-likeness (QED) is 0.114. The van der Waals surface area contributed by atoms with Gasteiger partial charge in [0.1, 0.15) is 66.5 Å². The molecule has 23 nitrogen and oxygen atoms in total. The van der Waals surface area contributed by atoms with Crippen LogP contribution in [-0.2, 0) is 52.7 Å². The van der Waals surface area contributed by atoms with E-state index in [0.29, 0.717) is 6.42 Å². The van der Waals surface area contributed by atoms with Crippen LogP contribution in [0.2, 0.25) is 0 Å². The number of hydrogen-bond acceptors (Lipinski definition) is 12.